The number of ether oxygens (including phenoxy) is 1. The van der Waals surface area contributed by atoms with Crippen molar-refractivity contribution >= 4 is 5.82 Å². The highest BCUT2D eigenvalue weighted by Gasteiger charge is 2.12. The number of nitrogens with two attached hydrogens (primary N) is 1. The maximum absolute atomic E-state index is 12.2. The quantitative estimate of drug-likeness (QED) is 0.894. The van der Waals surface area contributed by atoms with Crippen LogP contribution in [0.2, 0.25) is 0 Å². The highest BCUT2D eigenvalue weighted by atomic mass is 19.3. The number of benzene rings is 1. The van der Waals surface area contributed by atoms with Gasteiger partial charge in [0.1, 0.15) is 11.5 Å². The lowest BCUT2D eigenvalue weighted by atomic mass is 10.3. The van der Waals surface area contributed by atoms with E-state index in [9.17, 15) is 8.78 Å². The molecule has 0 amide bonds. The Labute approximate surface area is 96.6 Å². The first-order valence-corrected chi connectivity index (χ1v) is 4.94. The minimum absolute atomic E-state index is 0.0602. The second-order valence-electron chi connectivity index (χ2n) is 3.49. The summed E-state index contributed by atoms with van der Waals surface area (Å²) >= 11 is 0. The van der Waals surface area contributed by atoms with E-state index in [1.54, 1.807) is 31.3 Å². The zero-order valence-corrected chi connectivity index (χ0v) is 9.10. The Balaban J connectivity index is 2.44. The van der Waals surface area contributed by atoms with Crippen LogP contribution in [0.15, 0.2) is 30.5 Å². The second-order valence-corrected chi connectivity index (χ2v) is 3.49. The fourth-order valence-corrected chi connectivity index (χ4v) is 1.44. The third-order valence-corrected chi connectivity index (χ3v) is 2.26. The Hall–Kier alpha value is -2.11. The van der Waals surface area contributed by atoms with Gasteiger partial charge in [-0.2, -0.15) is 13.9 Å². The van der Waals surface area contributed by atoms with Gasteiger partial charge in [0, 0.05) is 11.8 Å². The van der Waals surface area contributed by atoms with Crippen molar-refractivity contribution in [1.29, 1.82) is 0 Å². The number of halogens is 2. The smallest absolute Gasteiger partial charge is 0.387 e. The van der Waals surface area contributed by atoms with Crippen LogP contribution in [0.25, 0.3) is 5.69 Å². The monoisotopic (exact) mass is 239 g/mol. The lowest BCUT2D eigenvalue weighted by molar-refractivity contribution is -0.0498. The molecule has 90 valence electrons. The zero-order chi connectivity index (χ0) is 12.4. The molecule has 17 heavy (non-hydrogen) atoms. The molecule has 1 aromatic heterocycles. The van der Waals surface area contributed by atoms with Crippen molar-refractivity contribution in [1.82, 2.24) is 9.78 Å². The first-order chi connectivity index (χ1) is 8.08. The Morgan fingerprint density at radius 1 is 1.35 bits per heavy atom. The molecule has 1 aromatic carbocycles. The summed E-state index contributed by atoms with van der Waals surface area (Å²) in [5, 5.41) is 4.02. The predicted octanol–water partition coefficient (Wildman–Crippen LogP) is 2.36. The predicted molar refractivity (Wildman–Crippen MR) is 59.3 cm³/mol. The van der Waals surface area contributed by atoms with Crippen molar-refractivity contribution in [2.45, 2.75) is 13.5 Å². The fraction of sp³-hybridized carbons (Fsp3) is 0.182. The molecule has 0 bridgehead atoms. The van der Waals surface area contributed by atoms with Crippen LogP contribution in [0, 0.1) is 6.92 Å². The van der Waals surface area contributed by atoms with E-state index in [-0.39, 0.29) is 5.75 Å². The van der Waals surface area contributed by atoms with Gasteiger partial charge in [-0.3, -0.25) is 0 Å². The van der Waals surface area contributed by atoms with Crippen LogP contribution in [-0.4, -0.2) is 16.4 Å². The van der Waals surface area contributed by atoms with Crippen LogP contribution in [-0.2, 0) is 0 Å². The Bertz CT molecular complexity index is 506. The van der Waals surface area contributed by atoms with Gasteiger partial charge in [0.15, 0.2) is 5.75 Å². The number of alkyl halides is 2. The Kier molecular flexibility index (Phi) is 2.95. The van der Waals surface area contributed by atoms with Crippen LogP contribution in [0.5, 0.6) is 5.75 Å². The van der Waals surface area contributed by atoms with E-state index in [2.05, 4.69) is 9.84 Å². The molecular formula is C11H11F2N3O. The lowest BCUT2D eigenvalue weighted by Gasteiger charge is -2.09. The van der Waals surface area contributed by atoms with E-state index in [0.29, 0.717) is 11.5 Å². The Morgan fingerprint density at radius 2 is 2.06 bits per heavy atom. The van der Waals surface area contributed by atoms with Gasteiger partial charge in [-0.05, 0) is 19.1 Å². The van der Waals surface area contributed by atoms with Gasteiger partial charge < -0.3 is 10.5 Å². The normalized spacial score (nSPS) is 10.8. The molecule has 0 atom stereocenters. The number of nitrogen functional groups attached to an aromatic ring is 1. The topological polar surface area (TPSA) is 53.1 Å². The summed E-state index contributed by atoms with van der Waals surface area (Å²) in [4.78, 5) is 0. The molecule has 0 saturated carbocycles. The number of rotatable bonds is 3. The van der Waals surface area contributed by atoms with Crippen LogP contribution in [0.1, 0.15) is 5.56 Å². The molecule has 2 aromatic rings. The van der Waals surface area contributed by atoms with Crippen LogP contribution < -0.4 is 10.5 Å². The minimum atomic E-state index is -2.87. The molecule has 0 aliphatic rings. The first kappa shape index (κ1) is 11.4. The molecule has 2 N–H and O–H groups in total. The van der Waals surface area contributed by atoms with Gasteiger partial charge in [0.25, 0.3) is 0 Å². The largest absolute Gasteiger partial charge is 0.433 e. The van der Waals surface area contributed by atoms with E-state index in [4.69, 9.17) is 5.73 Å². The standard InChI is InChI=1S/C11H11F2N3O/c1-7-6-16(15-10(7)14)8-4-2-3-5-9(8)17-11(12)13/h2-6,11H,1H3,(H2,14,15). The molecule has 2 rings (SSSR count). The molecule has 0 saturated heterocycles. The van der Waals surface area contributed by atoms with Crippen LogP contribution in [0.3, 0.4) is 0 Å². The molecule has 6 heteroatoms. The fourth-order valence-electron chi connectivity index (χ4n) is 1.44. The third-order valence-electron chi connectivity index (χ3n) is 2.26. The maximum atomic E-state index is 12.2. The number of para-hydroxylation sites is 2. The Morgan fingerprint density at radius 3 is 2.65 bits per heavy atom. The molecule has 0 aliphatic heterocycles. The van der Waals surface area contributed by atoms with Crippen molar-refractivity contribution in [2.75, 3.05) is 5.73 Å². The van der Waals surface area contributed by atoms with Crippen molar-refractivity contribution in [3.63, 3.8) is 0 Å². The molecule has 1 heterocycles. The summed E-state index contributed by atoms with van der Waals surface area (Å²) in [5.41, 5.74) is 6.81. The molecule has 0 spiro atoms. The molecule has 0 fully saturated rings. The number of anilines is 1. The van der Waals surface area contributed by atoms with Crippen LogP contribution >= 0.6 is 0 Å². The summed E-state index contributed by atoms with van der Waals surface area (Å²) in [6, 6.07) is 6.40. The lowest BCUT2D eigenvalue weighted by Crippen LogP contribution is -2.06. The van der Waals surface area contributed by atoms with Crippen molar-refractivity contribution in [2.24, 2.45) is 0 Å². The highest BCUT2D eigenvalue weighted by molar-refractivity contribution is 5.48. The third kappa shape index (κ3) is 2.35. The molecule has 0 aliphatic carbocycles. The molecule has 0 radical (unpaired) electrons. The van der Waals surface area contributed by atoms with Gasteiger partial charge in [-0.15, -0.1) is 0 Å². The number of hydrogen-bond donors (Lipinski definition) is 1. The van der Waals surface area contributed by atoms with E-state index < -0.39 is 6.61 Å². The molecule has 4 nitrogen and oxygen atoms in total. The van der Waals surface area contributed by atoms with Gasteiger partial charge in [0.2, 0.25) is 0 Å². The maximum Gasteiger partial charge on any atom is 0.387 e. The van der Waals surface area contributed by atoms with E-state index in [1.807, 2.05) is 0 Å². The number of nitrogens with zero attached hydrogens (tertiary/aromatic N) is 2. The summed E-state index contributed by atoms with van der Waals surface area (Å²) in [6.45, 7) is -1.08. The minimum Gasteiger partial charge on any atom is -0.433 e. The second kappa shape index (κ2) is 4.40. The van der Waals surface area contributed by atoms with Gasteiger partial charge in [-0.1, -0.05) is 12.1 Å². The van der Waals surface area contributed by atoms with Crippen molar-refractivity contribution in [3.8, 4) is 11.4 Å². The van der Waals surface area contributed by atoms with Gasteiger partial charge in [-0.25, -0.2) is 4.68 Å². The first-order valence-electron chi connectivity index (χ1n) is 4.94. The van der Waals surface area contributed by atoms with Gasteiger partial charge in [0.05, 0.1) is 0 Å². The average Bonchev–Trinajstić information content (AvgIpc) is 2.59. The summed E-state index contributed by atoms with van der Waals surface area (Å²) in [6.07, 6.45) is 1.66. The van der Waals surface area contributed by atoms with E-state index >= 15 is 0 Å². The molecule has 0 unspecified atom stereocenters. The average molecular weight is 239 g/mol. The number of hydrogen-bond acceptors (Lipinski definition) is 3. The SMILES string of the molecule is Cc1cn(-c2ccccc2OC(F)F)nc1N. The van der Waals surface area contributed by atoms with E-state index in [0.717, 1.165) is 5.56 Å². The highest BCUT2D eigenvalue weighted by Crippen LogP contribution is 2.24. The summed E-state index contributed by atoms with van der Waals surface area (Å²) < 4.78 is 30.3. The van der Waals surface area contributed by atoms with Crippen molar-refractivity contribution in [3.05, 3.63) is 36.0 Å². The van der Waals surface area contributed by atoms with Crippen molar-refractivity contribution < 1.29 is 13.5 Å². The number of aryl methyl sites for hydroxylation is 1. The summed E-state index contributed by atoms with van der Waals surface area (Å²) in [5.74, 6) is 0.418. The van der Waals surface area contributed by atoms with Gasteiger partial charge >= 0.3 is 6.61 Å². The van der Waals surface area contributed by atoms with Crippen LogP contribution in [0.4, 0.5) is 14.6 Å². The molecular weight excluding hydrogens is 228 g/mol. The van der Waals surface area contributed by atoms with E-state index in [1.165, 1.54) is 10.7 Å². The summed E-state index contributed by atoms with van der Waals surface area (Å²) in [7, 11) is 0. The number of aromatic nitrogens is 2. The zero-order valence-electron chi connectivity index (χ0n) is 9.10.